The van der Waals surface area contributed by atoms with Gasteiger partial charge in [-0.2, -0.15) is 0 Å². The van der Waals surface area contributed by atoms with Crippen LogP contribution in [0.4, 0.5) is 0 Å². The van der Waals surface area contributed by atoms with Crippen LogP contribution in [-0.2, 0) is 27.3 Å². The highest BCUT2D eigenvalue weighted by Gasteiger charge is 2.07. The Hall–Kier alpha value is -3.42. The summed E-state index contributed by atoms with van der Waals surface area (Å²) in [6, 6.07) is 16.5. The summed E-state index contributed by atoms with van der Waals surface area (Å²) in [5.41, 5.74) is 11.1. The molecule has 1 heterocycles. The van der Waals surface area contributed by atoms with Crippen LogP contribution in [0.3, 0.4) is 0 Å². The lowest BCUT2D eigenvalue weighted by molar-refractivity contribution is -0.140. The van der Waals surface area contributed by atoms with Crippen LogP contribution in [0.5, 0.6) is 0 Å². The zero-order chi connectivity index (χ0) is 22.8. The summed E-state index contributed by atoms with van der Waals surface area (Å²) in [6.07, 6.45) is 4.35. The standard InChI is InChI=1S/C25H30N4O3/c1-18-21(22-5-3-4-6-23(22)28-18)13-15-26-17-20-9-7-19(8-10-20)11-12-24(30)29-27-16-14-25(31)32-2/h3-12,26-28H,13-17H2,1-2H3,(H,29,30)/b12-11+. The van der Waals surface area contributed by atoms with Gasteiger partial charge in [-0.3, -0.25) is 15.0 Å². The van der Waals surface area contributed by atoms with Crippen molar-refractivity contribution >= 4 is 28.9 Å². The molecule has 0 fully saturated rings. The fourth-order valence-electron chi connectivity index (χ4n) is 3.48. The maximum absolute atomic E-state index is 11.8. The Bertz CT molecular complexity index is 1070. The lowest BCUT2D eigenvalue weighted by Gasteiger charge is -2.06. The lowest BCUT2D eigenvalue weighted by Crippen LogP contribution is -2.37. The number of H-pyrrole nitrogens is 1. The molecule has 2 aromatic carbocycles. The van der Waals surface area contributed by atoms with Crippen LogP contribution in [0.15, 0.2) is 54.6 Å². The molecular formula is C25H30N4O3. The maximum atomic E-state index is 11.8. The number of hydrogen-bond donors (Lipinski definition) is 4. The second kappa shape index (κ2) is 11.8. The van der Waals surface area contributed by atoms with E-state index in [-0.39, 0.29) is 18.3 Å². The zero-order valence-electron chi connectivity index (χ0n) is 18.5. The normalized spacial score (nSPS) is 11.2. The number of benzene rings is 2. The van der Waals surface area contributed by atoms with E-state index in [4.69, 9.17) is 0 Å². The minimum Gasteiger partial charge on any atom is -0.469 e. The van der Waals surface area contributed by atoms with Crippen LogP contribution in [0.1, 0.15) is 28.8 Å². The molecule has 1 amide bonds. The summed E-state index contributed by atoms with van der Waals surface area (Å²) in [6.45, 7) is 4.12. The van der Waals surface area contributed by atoms with Crippen LogP contribution in [0.25, 0.3) is 17.0 Å². The van der Waals surface area contributed by atoms with Gasteiger partial charge in [-0.1, -0.05) is 42.5 Å². The molecule has 7 nitrogen and oxygen atoms in total. The van der Waals surface area contributed by atoms with Crippen LogP contribution in [0, 0.1) is 6.92 Å². The van der Waals surface area contributed by atoms with E-state index in [0.29, 0.717) is 6.54 Å². The second-order valence-electron chi connectivity index (χ2n) is 7.52. The maximum Gasteiger partial charge on any atom is 0.306 e. The van der Waals surface area contributed by atoms with Crippen molar-refractivity contribution in [3.05, 3.63) is 77.0 Å². The Morgan fingerprint density at radius 1 is 1.06 bits per heavy atom. The monoisotopic (exact) mass is 434 g/mol. The van der Waals surface area contributed by atoms with Gasteiger partial charge in [0.1, 0.15) is 0 Å². The smallest absolute Gasteiger partial charge is 0.306 e. The van der Waals surface area contributed by atoms with Gasteiger partial charge in [0, 0.05) is 35.8 Å². The zero-order valence-corrected chi connectivity index (χ0v) is 18.5. The van der Waals surface area contributed by atoms with Gasteiger partial charge in [-0.15, -0.1) is 0 Å². The molecule has 0 spiro atoms. The summed E-state index contributed by atoms with van der Waals surface area (Å²) < 4.78 is 4.53. The van der Waals surface area contributed by atoms with Crippen molar-refractivity contribution in [2.45, 2.75) is 26.3 Å². The largest absolute Gasteiger partial charge is 0.469 e. The van der Waals surface area contributed by atoms with Gasteiger partial charge >= 0.3 is 5.97 Å². The van der Waals surface area contributed by atoms with Crippen molar-refractivity contribution in [3.8, 4) is 0 Å². The SMILES string of the molecule is COC(=O)CCNNC(=O)/C=C/c1ccc(CNCCc2c(C)[nH]c3ccccc23)cc1. The number of para-hydroxylation sites is 1. The van der Waals surface area contributed by atoms with Gasteiger partial charge in [-0.05, 0) is 48.7 Å². The number of aromatic nitrogens is 1. The average molecular weight is 435 g/mol. The van der Waals surface area contributed by atoms with E-state index in [1.165, 1.54) is 40.9 Å². The van der Waals surface area contributed by atoms with Crippen molar-refractivity contribution in [2.75, 3.05) is 20.2 Å². The molecule has 0 aliphatic rings. The van der Waals surface area contributed by atoms with E-state index in [2.05, 4.69) is 69.2 Å². The Labute approximate surface area is 188 Å². The molecule has 0 unspecified atom stereocenters. The number of aromatic amines is 1. The average Bonchev–Trinajstić information content (AvgIpc) is 3.13. The van der Waals surface area contributed by atoms with Crippen LogP contribution < -0.4 is 16.2 Å². The van der Waals surface area contributed by atoms with Gasteiger partial charge in [0.15, 0.2) is 0 Å². The summed E-state index contributed by atoms with van der Waals surface area (Å²) in [5.74, 6) is -0.613. The van der Waals surface area contributed by atoms with Crippen molar-refractivity contribution in [3.63, 3.8) is 0 Å². The first kappa shape index (κ1) is 23.2. The molecule has 32 heavy (non-hydrogen) atoms. The summed E-state index contributed by atoms with van der Waals surface area (Å²) in [7, 11) is 1.33. The fourth-order valence-corrected chi connectivity index (χ4v) is 3.48. The number of esters is 1. The van der Waals surface area contributed by atoms with Gasteiger partial charge in [0.25, 0.3) is 5.91 Å². The second-order valence-corrected chi connectivity index (χ2v) is 7.52. The number of amides is 1. The quantitative estimate of drug-likeness (QED) is 0.161. The number of carbonyl (C=O) groups is 2. The first-order chi connectivity index (χ1) is 15.6. The highest BCUT2D eigenvalue weighted by atomic mass is 16.5. The third-order valence-electron chi connectivity index (χ3n) is 5.21. The van der Waals surface area contributed by atoms with Crippen molar-refractivity contribution in [1.82, 2.24) is 21.2 Å². The summed E-state index contributed by atoms with van der Waals surface area (Å²) in [5, 5.41) is 4.80. The Morgan fingerprint density at radius 3 is 2.62 bits per heavy atom. The molecule has 0 saturated carbocycles. The number of ether oxygens (including phenoxy) is 1. The summed E-state index contributed by atoms with van der Waals surface area (Å²) >= 11 is 0. The predicted octanol–water partition coefficient (Wildman–Crippen LogP) is 3.01. The molecule has 0 aliphatic heterocycles. The van der Waals surface area contributed by atoms with Crippen LogP contribution >= 0.6 is 0 Å². The third kappa shape index (κ3) is 6.80. The van der Waals surface area contributed by atoms with Crippen molar-refractivity contribution < 1.29 is 14.3 Å². The van der Waals surface area contributed by atoms with Gasteiger partial charge in [-0.25, -0.2) is 5.43 Å². The molecule has 3 rings (SSSR count). The number of hydrogen-bond acceptors (Lipinski definition) is 5. The van der Waals surface area contributed by atoms with Crippen molar-refractivity contribution in [1.29, 1.82) is 0 Å². The van der Waals surface area contributed by atoms with E-state index < -0.39 is 0 Å². The number of nitrogens with one attached hydrogen (secondary N) is 4. The van der Waals surface area contributed by atoms with E-state index in [1.807, 2.05) is 12.1 Å². The minimum absolute atomic E-state index is 0.192. The van der Waals surface area contributed by atoms with E-state index in [1.54, 1.807) is 6.08 Å². The Morgan fingerprint density at radius 2 is 1.84 bits per heavy atom. The Balaban J connectivity index is 1.39. The van der Waals surface area contributed by atoms with Gasteiger partial charge in [0.05, 0.1) is 13.5 Å². The van der Waals surface area contributed by atoms with E-state index >= 15 is 0 Å². The molecule has 168 valence electrons. The molecule has 0 aliphatic carbocycles. The molecule has 7 heteroatoms. The van der Waals surface area contributed by atoms with Crippen molar-refractivity contribution in [2.24, 2.45) is 0 Å². The molecule has 1 aromatic heterocycles. The lowest BCUT2D eigenvalue weighted by atomic mass is 10.1. The molecule has 0 atom stereocenters. The Kier molecular flexibility index (Phi) is 8.60. The first-order valence-corrected chi connectivity index (χ1v) is 10.7. The third-order valence-corrected chi connectivity index (χ3v) is 5.21. The predicted molar refractivity (Wildman–Crippen MR) is 127 cm³/mol. The molecular weight excluding hydrogens is 404 g/mol. The van der Waals surface area contributed by atoms with Gasteiger partial charge < -0.3 is 15.0 Å². The number of rotatable bonds is 11. The topological polar surface area (TPSA) is 95.2 Å². The minimum atomic E-state index is -0.329. The molecule has 0 radical (unpaired) electrons. The number of hydrazine groups is 1. The van der Waals surface area contributed by atoms with Crippen LogP contribution in [-0.4, -0.2) is 37.1 Å². The van der Waals surface area contributed by atoms with Gasteiger partial charge in [0.2, 0.25) is 0 Å². The molecule has 0 bridgehead atoms. The number of fused-ring (bicyclic) bond motifs is 1. The van der Waals surface area contributed by atoms with E-state index in [0.717, 1.165) is 25.1 Å². The number of carbonyl (C=O) groups excluding carboxylic acids is 2. The summed E-state index contributed by atoms with van der Waals surface area (Å²) in [4.78, 5) is 26.2. The molecule has 0 saturated heterocycles. The molecule has 4 N–H and O–H groups in total. The molecule has 3 aromatic rings. The first-order valence-electron chi connectivity index (χ1n) is 10.7. The number of aryl methyl sites for hydroxylation is 1. The highest BCUT2D eigenvalue weighted by molar-refractivity contribution is 5.91. The number of methoxy groups -OCH3 is 1. The highest BCUT2D eigenvalue weighted by Crippen LogP contribution is 2.21. The fraction of sp³-hybridized carbons (Fsp3) is 0.280. The van der Waals surface area contributed by atoms with Crippen LogP contribution in [0.2, 0.25) is 0 Å². The van der Waals surface area contributed by atoms with E-state index in [9.17, 15) is 9.59 Å².